The summed E-state index contributed by atoms with van der Waals surface area (Å²) in [6, 6.07) is 10.3. The second-order valence-corrected chi connectivity index (χ2v) is 9.83. The first-order chi connectivity index (χ1) is 15.5. The van der Waals surface area contributed by atoms with E-state index in [-0.39, 0.29) is 23.8 Å². The van der Waals surface area contributed by atoms with Crippen LogP contribution in [-0.2, 0) is 9.59 Å². The van der Waals surface area contributed by atoms with Gasteiger partial charge in [0.15, 0.2) is 0 Å². The van der Waals surface area contributed by atoms with Crippen LogP contribution in [-0.4, -0.2) is 62.3 Å². The molecule has 3 aromatic rings. The van der Waals surface area contributed by atoms with Gasteiger partial charge in [-0.1, -0.05) is 11.6 Å². The number of hydrogen-bond acceptors (Lipinski definition) is 4. The van der Waals surface area contributed by atoms with Gasteiger partial charge in [-0.05, 0) is 49.6 Å². The molecule has 0 radical (unpaired) electrons. The number of carbonyl (C=O) groups excluding carboxylic acids is 2. The fourth-order valence-electron chi connectivity index (χ4n) is 5.04. The minimum Gasteiger partial charge on any atom is -0.358 e. The Labute approximate surface area is 192 Å². The Balaban J connectivity index is 1.49. The van der Waals surface area contributed by atoms with E-state index in [0.717, 1.165) is 30.5 Å². The number of pyridine rings is 1. The lowest BCUT2D eigenvalue weighted by Crippen LogP contribution is -2.50. The van der Waals surface area contributed by atoms with Crippen LogP contribution in [0, 0.1) is 6.92 Å². The van der Waals surface area contributed by atoms with E-state index in [0.29, 0.717) is 18.2 Å². The molecule has 2 amide bonds. The molecule has 32 heavy (non-hydrogen) atoms. The monoisotopic (exact) mass is 448 g/mol. The van der Waals surface area contributed by atoms with E-state index < -0.39 is 0 Å². The van der Waals surface area contributed by atoms with E-state index in [4.69, 9.17) is 0 Å². The Morgan fingerprint density at radius 1 is 1.19 bits per heavy atom. The molecule has 5 rings (SSSR count). The van der Waals surface area contributed by atoms with Crippen LogP contribution in [0.25, 0.3) is 22.0 Å². The zero-order valence-corrected chi connectivity index (χ0v) is 19.3. The summed E-state index contributed by atoms with van der Waals surface area (Å²) in [5.41, 5.74) is 5.90. The van der Waals surface area contributed by atoms with Crippen LogP contribution in [0.3, 0.4) is 0 Å². The van der Waals surface area contributed by atoms with Gasteiger partial charge in [0.1, 0.15) is 6.04 Å². The highest BCUT2D eigenvalue weighted by Gasteiger charge is 2.38. The number of rotatable bonds is 3. The molecule has 166 valence electrons. The number of hydrogen-bond donors (Lipinski definition) is 1. The van der Waals surface area contributed by atoms with Crippen LogP contribution in [0.15, 0.2) is 42.7 Å². The number of benzene rings is 1. The van der Waals surface area contributed by atoms with Crippen molar-refractivity contribution < 1.29 is 9.59 Å². The quantitative estimate of drug-likeness (QED) is 0.653. The molecule has 7 heteroatoms. The number of aromatic amines is 1. The largest absolute Gasteiger partial charge is 0.358 e. The summed E-state index contributed by atoms with van der Waals surface area (Å²) in [7, 11) is 0. The smallest absolute Gasteiger partial charge is 0.246 e. The average Bonchev–Trinajstić information content (AvgIpc) is 3.44. The molecular weight excluding hydrogens is 420 g/mol. The lowest BCUT2D eigenvalue weighted by molar-refractivity contribution is -0.143. The first kappa shape index (κ1) is 21.1. The van der Waals surface area contributed by atoms with Crippen molar-refractivity contribution >= 4 is 34.5 Å². The first-order valence-corrected chi connectivity index (χ1v) is 12.3. The van der Waals surface area contributed by atoms with Crippen LogP contribution in [0.4, 0.5) is 0 Å². The molecule has 2 aliphatic rings. The molecule has 2 aliphatic heterocycles. The molecule has 0 aliphatic carbocycles. The van der Waals surface area contributed by atoms with E-state index in [1.807, 2.05) is 17.3 Å². The van der Waals surface area contributed by atoms with Gasteiger partial charge in [0.2, 0.25) is 11.8 Å². The number of nitrogens with one attached hydrogen (secondary N) is 1. The predicted octanol–water partition coefficient (Wildman–Crippen LogP) is 4.17. The van der Waals surface area contributed by atoms with E-state index in [2.05, 4.69) is 47.2 Å². The SMILES string of the molecule is CC(=O)N1CSC[C@@H]1C(=O)N1CCC[C@H](c2[nH]c3ccc(C)cc3c2-c2ccncc2)C1. The Morgan fingerprint density at radius 3 is 2.78 bits per heavy atom. The van der Waals surface area contributed by atoms with Gasteiger partial charge in [0.25, 0.3) is 0 Å². The summed E-state index contributed by atoms with van der Waals surface area (Å²) in [4.78, 5) is 36.9. The summed E-state index contributed by atoms with van der Waals surface area (Å²) < 4.78 is 0. The van der Waals surface area contributed by atoms with E-state index in [1.54, 1.807) is 23.6 Å². The van der Waals surface area contributed by atoms with E-state index >= 15 is 0 Å². The average molecular weight is 449 g/mol. The van der Waals surface area contributed by atoms with Gasteiger partial charge in [-0.25, -0.2) is 0 Å². The van der Waals surface area contributed by atoms with Crippen molar-refractivity contribution in [1.29, 1.82) is 0 Å². The first-order valence-electron chi connectivity index (χ1n) is 11.2. The number of thioether (sulfide) groups is 1. The number of fused-ring (bicyclic) bond motifs is 1. The summed E-state index contributed by atoms with van der Waals surface area (Å²) in [5, 5.41) is 1.21. The van der Waals surface area contributed by atoms with Gasteiger partial charge >= 0.3 is 0 Å². The van der Waals surface area contributed by atoms with Crippen molar-refractivity contribution in [3.8, 4) is 11.1 Å². The molecule has 2 aromatic heterocycles. The van der Waals surface area contributed by atoms with Crippen molar-refractivity contribution in [3.05, 3.63) is 54.0 Å². The molecule has 0 spiro atoms. The molecule has 6 nitrogen and oxygen atoms in total. The Bertz CT molecular complexity index is 1160. The second kappa shape index (κ2) is 8.62. The van der Waals surface area contributed by atoms with Crippen molar-refractivity contribution in [2.45, 2.75) is 38.6 Å². The third-order valence-corrected chi connectivity index (χ3v) is 7.68. The minimum absolute atomic E-state index is 0.0205. The van der Waals surface area contributed by atoms with Gasteiger partial charge in [-0.3, -0.25) is 14.6 Å². The molecule has 0 bridgehead atoms. The molecule has 0 saturated carbocycles. The minimum atomic E-state index is -0.332. The standard InChI is InChI=1S/C25H28N4O2S/c1-16-5-6-21-20(12-16)23(18-7-9-26-10-8-18)24(27-21)19-4-3-11-28(13-19)25(31)22-14-32-15-29(22)17(2)30/h5-10,12,19,22,27H,3-4,11,13-15H2,1-2H3/t19-,22+/m0/s1. The lowest BCUT2D eigenvalue weighted by atomic mass is 9.89. The highest BCUT2D eigenvalue weighted by atomic mass is 32.2. The fourth-order valence-corrected chi connectivity index (χ4v) is 6.25. The number of carbonyl (C=O) groups is 2. The summed E-state index contributed by atoms with van der Waals surface area (Å²) >= 11 is 1.66. The zero-order valence-electron chi connectivity index (χ0n) is 18.5. The van der Waals surface area contributed by atoms with Crippen molar-refractivity contribution in [2.24, 2.45) is 0 Å². The topological polar surface area (TPSA) is 69.3 Å². The van der Waals surface area contributed by atoms with Crippen LogP contribution in [0.5, 0.6) is 0 Å². The third-order valence-electron chi connectivity index (χ3n) is 6.67. The van der Waals surface area contributed by atoms with E-state index in [1.165, 1.54) is 22.2 Å². The molecule has 2 saturated heterocycles. The number of nitrogens with zero attached hydrogens (tertiary/aromatic N) is 3. The molecule has 2 fully saturated rings. The summed E-state index contributed by atoms with van der Waals surface area (Å²) in [6.45, 7) is 5.10. The van der Waals surface area contributed by atoms with Gasteiger partial charge in [0.05, 0.1) is 5.88 Å². The van der Waals surface area contributed by atoms with Crippen LogP contribution in [0.2, 0.25) is 0 Å². The Hall–Kier alpha value is -2.80. The van der Waals surface area contributed by atoms with Crippen LogP contribution < -0.4 is 0 Å². The third kappa shape index (κ3) is 3.79. The number of H-pyrrole nitrogens is 1. The number of aryl methyl sites for hydroxylation is 1. The van der Waals surface area contributed by atoms with E-state index in [9.17, 15) is 9.59 Å². The maximum Gasteiger partial charge on any atom is 0.246 e. The summed E-state index contributed by atoms with van der Waals surface area (Å²) in [6.07, 6.45) is 5.65. The van der Waals surface area contributed by atoms with Crippen molar-refractivity contribution in [2.75, 3.05) is 24.7 Å². The number of likely N-dealkylation sites (tertiary alicyclic amines) is 1. The van der Waals surface area contributed by atoms with Crippen LogP contribution >= 0.6 is 11.8 Å². The highest BCUT2D eigenvalue weighted by molar-refractivity contribution is 7.99. The summed E-state index contributed by atoms with van der Waals surface area (Å²) in [5.74, 6) is 1.59. The van der Waals surface area contributed by atoms with Crippen molar-refractivity contribution in [1.82, 2.24) is 19.8 Å². The molecular formula is C25H28N4O2S. The molecule has 0 unspecified atom stereocenters. The highest BCUT2D eigenvalue weighted by Crippen LogP contribution is 2.39. The fraction of sp³-hybridized carbons (Fsp3) is 0.400. The maximum absolute atomic E-state index is 13.4. The molecule has 2 atom stereocenters. The number of aromatic nitrogens is 2. The Kier molecular flexibility index (Phi) is 5.67. The maximum atomic E-state index is 13.4. The van der Waals surface area contributed by atoms with Gasteiger partial charge in [-0.2, -0.15) is 0 Å². The second-order valence-electron chi connectivity index (χ2n) is 8.83. The van der Waals surface area contributed by atoms with Gasteiger partial charge < -0.3 is 14.8 Å². The predicted molar refractivity (Wildman–Crippen MR) is 128 cm³/mol. The zero-order chi connectivity index (χ0) is 22.2. The molecule has 1 N–H and O–H groups in total. The van der Waals surface area contributed by atoms with Crippen LogP contribution in [0.1, 0.15) is 36.9 Å². The molecule has 4 heterocycles. The van der Waals surface area contributed by atoms with Gasteiger partial charge in [0, 0.05) is 66.2 Å². The van der Waals surface area contributed by atoms with Gasteiger partial charge in [-0.15, -0.1) is 11.8 Å². The van der Waals surface area contributed by atoms with Crippen molar-refractivity contribution in [3.63, 3.8) is 0 Å². The lowest BCUT2D eigenvalue weighted by Gasteiger charge is -2.36. The molecule has 1 aromatic carbocycles. The number of amides is 2. The Morgan fingerprint density at radius 2 is 2.00 bits per heavy atom. The normalized spacial score (nSPS) is 21.3. The number of piperidine rings is 1.